The maximum atomic E-state index is 11.2. The number of hydrogen-bond acceptors (Lipinski definition) is 6. The van der Waals surface area contributed by atoms with Crippen molar-refractivity contribution in [2.24, 2.45) is 5.92 Å². The third-order valence-corrected chi connectivity index (χ3v) is 7.18. The minimum absolute atomic E-state index is 0. The largest absolute Gasteiger partial charge is 0.412 e. The highest BCUT2D eigenvalue weighted by atomic mass is 16.5. The van der Waals surface area contributed by atoms with Gasteiger partial charge in [0.05, 0.1) is 11.8 Å². The third kappa shape index (κ3) is 4.91. The first-order valence-corrected chi connectivity index (χ1v) is 11.5. The number of β-amino-alcohol motifs (C(OH)–C–C–N with tert-alkyl or cyclic N) is 1. The number of aliphatic hydroxyl groups is 2. The zero-order valence-corrected chi connectivity index (χ0v) is 19.1. The van der Waals surface area contributed by atoms with Gasteiger partial charge in [0.2, 0.25) is 0 Å². The van der Waals surface area contributed by atoms with E-state index in [4.69, 9.17) is 9.72 Å². The molecule has 4 fully saturated rings. The van der Waals surface area contributed by atoms with Crippen LogP contribution in [0.5, 0.6) is 0 Å². The first-order chi connectivity index (χ1) is 15.5. The van der Waals surface area contributed by atoms with Gasteiger partial charge in [-0.15, -0.1) is 0 Å². The molecule has 176 valence electrons. The Kier molecular flexibility index (Phi) is 7.03. The quantitative estimate of drug-likeness (QED) is 0.669. The number of rotatable bonds is 4. The Bertz CT molecular complexity index is 1010. The van der Waals surface area contributed by atoms with Gasteiger partial charge in [-0.1, -0.05) is 42.2 Å². The molecular formula is C26H33N3O4. The van der Waals surface area contributed by atoms with E-state index in [1.165, 1.54) is 0 Å². The van der Waals surface area contributed by atoms with Crippen molar-refractivity contribution in [1.82, 2.24) is 9.88 Å². The van der Waals surface area contributed by atoms with Gasteiger partial charge in [0, 0.05) is 44.6 Å². The third-order valence-electron chi connectivity index (χ3n) is 7.18. The lowest BCUT2D eigenvalue weighted by atomic mass is 9.75. The summed E-state index contributed by atoms with van der Waals surface area (Å²) in [6.45, 7) is 3.87. The lowest BCUT2D eigenvalue weighted by Gasteiger charge is -2.47. The van der Waals surface area contributed by atoms with Crippen molar-refractivity contribution >= 4 is 5.82 Å². The number of benzene rings is 1. The molecule has 0 aliphatic carbocycles. The van der Waals surface area contributed by atoms with Gasteiger partial charge in [-0.2, -0.15) is 0 Å². The highest BCUT2D eigenvalue weighted by Crippen LogP contribution is 2.35. The van der Waals surface area contributed by atoms with Gasteiger partial charge in [-0.25, -0.2) is 4.98 Å². The molecule has 2 bridgehead atoms. The van der Waals surface area contributed by atoms with E-state index in [9.17, 15) is 10.2 Å². The number of aromatic nitrogens is 1. The first-order valence-electron chi connectivity index (χ1n) is 11.5. The summed E-state index contributed by atoms with van der Waals surface area (Å²) in [6.07, 6.45) is 1.95. The Labute approximate surface area is 195 Å². The normalized spacial score (nSPS) is 30.5. The smallest absolute Gasteiger partial charge is 0.141 e. The fourth-order valence-electron chi connectivity index (χ4n) is 5.23. The van der Waals surface area contributed by atoms with Crippen molar-refractivity contribution < 1.29 is 20.4 Å². The zero-order valence-electron chi connectivity index (χ0n) is 19.1. The summed E-state index contributed by atoms with van der Waals surface area (Å²) in [4.78, 5) is 9.32. The van der Waals surface area contributed by atoms with Crippen molar-refractivity contribution in [3.8, 4) is 11.8 Å². The molecule has 4 aliphatic rings. The van der Waals surface area contributed by atoms with Crippen LogP contribution in [0.4, 0.5) is 5.82 Å². The number of fused-ring (bicyclic) bond motifs is 3. The molecule has 4 N–H and O–H groups in total. The van der Waals surface area contributed by atoms with Crippen LogP contribution in [0.3, 0.4) is 0 Å². The Balaban J connectivity index is 0.00000259. The molecule has 7 heteroatoms. The number of methoxy groups -OCH3 is 1. The maximum absolute atomic E-state index is 11.2. The Morgan fingerprint density at radius 2 is 1.88 bits per heavy atom. The van der Waals surface area contributed by atoms with Gasteiger partial charge in [0.25, 0.3) is 0 Å². The second-order valence-electron chi connectivity index (χ2n) is 9.30. The fraction of sp³-hybridized carbons (Fsp3) is 0.500. The van der Waals surface area contributed by atoms with E-state index in [1.54, 1.807) is 7.11 Å². The highest BCUT2D eigenvalue weighted by molar-refractivity contribution is 5.50. The fourth-order valence-corrected chi connectivity index (χ4v) is 5.23. The summed E-state index contributed by atoms with van der Waals surface area (Å²) in [5.74, 6) is 7.60. The molecule has 4 aliphatic heterocycles. The number of ether oxygens (including phenoxy) is 1. The van der Waals surface area contributed by atoms with Gasteiger partial charge >= 0.3 is 0 Å². The number of piperidine rings is 3. The van der Waals surface area contributed by atoms with Crippen LogP contribution < -0.4 is 4.90 Å². The second-order valence-corrected chi connectivity index (χ2v) is 9.30. The van der Waals surface area contributed by atoms with E-state index in [0.29, 0.717) is 26.1 Å². The predicted octanol–water partition coefficient (Wildman–Crippen LogP) is 0.852. The van der Waals surface area contributed by atoms with Gasteiger partial charge in [-0.05, 0) is 43.6 Å². The summed E-state index contributed by atoms with van der Waals surface area (Å²) >= 11 is 0. The van der Waals surface area contributed by atoms with Gasteiger partial charge < -0.3 is 25.3 Å². The molecule has 0 radical (unpaired) electrons. The molecule has 0 saturated carbocycles. The topological polar surface area (TPSA) is 101 Å². The Morgan fingerprint density at radius 3 is 2.52 bits per heavy atom. The summed E-state index contributed by atoms with van der Waals surface area (Å²) in [5, 5.41) is 21.5. The van der Waals surface area contributed by atoms with Crippen LogP contribution in [-0.4, -0.2) is 83.2 Å². The molecule has 0 spiro atoms. The van der Waals surface area contributed by atoms with E-state index in [1.807, 2.05) is 30.3 Å². The van der Waals surface area contributed by atoms with Gasteiger partial charge in [-0.3, -0.25) is 4.90 Å². The van der Waals surface area contributed by atoms with Crippen molar-refractivity contribution in [1.29, 1.82) is 0 Å². The SMILES string of the molecule is CO[C@H]1CN(c2ccc(C#C[C@@]3(O)CN4CCC3CC4)c(Cc3ccccc3)n2)C[C@H]1O.O. The minimum atomic E-state index is -0.941. The van der Waals surface area contributed by atoms with E-state index in [-0.39, 0.29) is 17.5 Å². The van der Waals surface area contributed by atoms with Crippen LogP contribution in [0.25, 0.3) is 0 Å². The van der Waals surface area contributed by atoms with Crippen LogP contribution in [-0.2, 0) is 11.2 Å². The van der Waals surface area contributed by atoms with E-state index < -0.39 is 11.7 Å². The average Bonchev–Trinajstić information content (AvgIpc) is 3.20. The number of aliphatic hydroxyl groups excluding tert-OH is 1. The summed E-state index contributed by atoms with van der Waals surface area (Å²) in [6, 6.07) is 14.2. The Morgan fingerprint density at radius 1 is 1.12 bits per heavy atom. The molecular weight excluding hydrogens is 418 g/mol. The van der Waals surface area contributed by atoms with E-state index >= 15 is 0 Å². The molecule has 4 saturated heterocycles. The Hall–Kier alpha value is -2.47. The van der Waals surface area contributed by atoms with Crippen LogP contribution in [0.15, 0.2) is 42.5 Å². The molecule has 0 unspecified atom stereocenters. The van der Waals surface area contributed by atoms with Crippen molar-refractivity contribution in [3.63, 3.8) is 0 Å². The molecule has 5 heterocycles. The lowest BCUT2D eigenvalue weighted by Crippen LogP contribution is -2.58. The molecule has 7 nitrogen and oxygen atoms in total. The van der Waals surface area contributed by atoms with Gasteiger partial charge in [0.1, 0.15) is 17.5 Å². The van der Waals surface area contributed by atoms with Crippen LogP contribution in [0.2, 0.25) is 0 Å². The standard InChI is InChI=1S/C26H31N3O3.H2O/c1-32-24-17-29(16-23(24)30)25-8-7-20(22(27-25)15-19-5-3-2-4-6-19)9-12-26(31)18-28-13-10-21(26)11-14-28;/h2-8,21,23-24,30-31H,10-11,13-18H2,1H3;1H2/t23-,24+,26-;/m1./s1. The number of hydrogen-bond donors (Lipinski definition) is 2. The molecule has 33 heavy (non-hydrogen) atoms. The molecule has 6 rings (SSSR count). The van der Waals surface area contributed by atoms with Crippen molar-refractivity contribution in [2.45, 2.75) is 37.1 Å². The minimum Gasteiger partial charge on any atom is -0.412 e. The summed E-state index contributed by atoms with van der Waals surface area (Å²) in [5.41, 5.74) is 1.97. The van der Waals surface area contributed by atoms with Crippen LogP contribution >= 0.6 is 0 Å². The van der Waals surface area contributed by atoms with Gasteiger partial charge in [0.15, 0.2) is 0 Å². The monoisotopic (exact) mass is 451 g/mol. The van der Waals surface area contributed by atoms with Crippen LogP contribution in [0.1, 0.15) is 29.7 Å². The molecule has 2 aromatic rings. The zero-order chi connectivity index (χ0) is 22.1. The second kappa shape index (κ2) is 9.80. The summed E-state index contributed by atoms with van der Waals surface area (Å²) < 4.78 is 5.39. The molecule has 3 atom stereocenters. The average molecular weight is 452 g/mol. The van der Waals surface area contributed by atoms with Crippen molar-refractivity contribution in [2.75, 3.05) is 44.7 Å². The van der Waals surface area contributed by atoms with E-state index in [0.717, 1.165) is 48.6 Å². The molecule has 1 aromatic heterocycles. The van der Waals surface area contributed by atoms with E-state index in [2.05, 4.69) is 33.8 Å². The number of anilines is 1. The predicted molar refractivity (Wildman–Crippen MR) is 127 cm³/mol. The maximum Gasteiger partial charge on any atom is 0.141 e. The van der Waals surface area contributed by atoms with Crippen molar-refractivity contribution in [3.05, 3.63) is 59.3 Å². The first kappa shape index (κ1) is 23.7. The summed E-state index contributed by atoms with van der Waals surface area (Å²) in [7, 11) is 1.63. The number of nitrogens with zero attached hydrogens (tertiary/aromatic N) is 3. The lowest BCUT2D eigenvalue weighted by molar-refractivity contribution is -0.0713. The van der Waals surface area contributed by atoms with Crippen LogP contribution in [0, 0.1) is 17.8 Å². The molecule has 1 aromatic carbocycles. The molecule has 0 amide bonds. The number of pyridine rings is 1. The highest BCUT2D eigenvalue weighted by Gasteiger charge is 2.44.